The van der Waals surface area contributed by atoms with E-state index in [2.05, 4.69) is 34.5 Å². The summed E-state index contributed by atoms with van der Waals surface area (Å²) in [6.45, 7) is 2.38. The van der Waals surface area contributed by atoms with Crippen LogP contribution in [-0.2, 0) is 0 Å². The molecule has 2 N–H and O–H groups in total. The molecule has 2 fully saturated rings. The second kappa shape index (κ2) is 7.88. The van der Waals surface area contributed by atoms with Crippen LogP contribution in [0.3, 0.4) is 0 Å². The molecule has 2 aromatic rings. The van der Waals surface area contributed by atoms with E-state index in [9.17, 15) is 0 Å². The first kappa shape index (κ1) is 17.0. The quantitative estimate of drug-likeness (QED) is 0.783. The standard InChI is InChI=1S/C21H29N3S/c22-19(14-16-6-2-1-3-7-16)21-23-20(15-25-21)17-8-10-18(11-9-17)24-12-4-5-13-24/h8-11,15-16,19H,1-7,12-14,22H2. The van der Waals surface area contributed by atoms with Gasteiger partial charge in [-0.3, -0.25) is 0 Å². The van der Waals surface area contributed by atoms with Gasteiger partial charge in [-0.05, 0) is 37.3 Å². The third-order valence-corrected chi connectivity index (χ3v) is 6.76. The van der Waals surface area contributed by atoms with Crippen molar-refractivity contribution in [2.45, 2.75) is 57.4 Å². The van der Waals surface area contributed by atoms with Crippen molar-refractivity contribution in [3.63, 3.8) is 0 Å². The molecule has 0 amide bonds. The Labute approximate surface area is 155 Å². The molecule has 4 rings (SSSR count). The maximum Gasteiger partial charge on any atom is 0.110 e. The molecule has 1 saturated heterocycles. The molecule has 1 saturated carbocycles. The van der Waals surface area contributed by atoms with Crippen molar-refractivity contribution >= 4 is 17.0 Å². The van der Waals surface area contributed by atoms with Crippen LogP contribution in [0.2, 0.25) is 0 Å². The van der Waals surface area contributed by atoms with Crippen molar-refractivity contribution in [2.24, 2.45) is 11.7 Å². The Bertz CT molecular complexity index is 667. The third-order valence-electron chi connectivity index (χ3n) is 5.79. The zero-order valence-corrected chi connectivity index (χ0v) is 15.8. The summed E-state index contributed by atoms with van der Waals surface area (Å²) in [6.07, 6.45) is 10.6. The first-order chi connectivity index (χ1) is 12.3. The Kier molecular flexibility index (Phi) is 5.37. The molecule has 1 aliphatic carbocycles. The molecule has 4 heteroatoms. The van der Waals surface area contributed by atoms with Gasteiger partial charge >= 0.3 is 0 Å². The van der Waals surface area contributed by atoms with Gasteiger partial charge < -0.3 is 10.6 Å². The van der Waals surface area contributed by atoms with Crippen LogP contribution < -0.4 is 10.6 Å². The van der Waals surface area contributed by atoms with Crippen LogP contribution in [-0.4, -0.2) is 18.1 Å². The first-order valence-electron chi connectivity index (χ1n) is 9.86. The predicted octanol–water partition coefficient (Wildman–Crippen LogP) is 5.38. The average Bonchev–Trinajstić information content (AvgIpc) is 3.35. The second-order valence-corrected chi connectivity index (χ2v) is 8.55. The number of anilines is 1. The number of nitrogens with two attached hydrogens (primary N) is 1. The highest BCUT2D eigenvalue weighted by Gasteiger charge is 2.20. The predicted molar refractivity (Wildman–Crippen MR) is 107 cm³/mol. The zero-order valence-electron chi connectivity index (χ0n) is 15.0. The Morgan fingerprint density at radius 3 is 2.48 bits per heavy atom. The highest BCUT2D eigenvalue weighted by Crippen LogP contribution is 2.33. The van der Waals surface area contributed by atoms with Crippen molar-refractivity contribution < 1.29 is 0 Å². The molecule has 25 heavy (non-hydrogen) atoms. The van der Waals surface area contributed by atoms with Crippen molar-refractivity contribution in [1.29, 1.82) is 0 Å². The highest BCUT2D eigenvalue weighted by atomic mass is 32.1. The van der Waals surface area contributed by atoms with E-state index < -0.39 is 0 Å². The second-order valence-electron chi connectivity index (χ2n) is 7.66. The van der Waals surface area contributed by atoms with E-state index in [0.717, 1.165) is 23.0 Å². The lowest BCUT2D eigenvalue weighted by Crippen LogP contribution is -2.17. The first-order valence-corrected chi connectivity index (χ1v) is 10.7. The number of nitrogens with zero attached hydrogens (tertiary/aromatic N) is 2. The van der Waals surface area contributed by atoms with Gasteiger partial charge in [0, 0.05) is 29.7 Å². The molecule has 1 aromatic heterocycles. The molecule has 1 aliphatic heterocycles. The minimum Gasteiger partial charge on any atom is -0.372 e. The summed E-state index contributed by atoms with van der Waals surface area (Å²) in [7, 11) is 0. The van der Waals surface area contributed by atoms with Gasteiger partial charge in [0.15, 0.2) is 0 Å². The van der Waals surface area contributed by atoms with E-state index in [0.29, 0.717) is 0 Å². The molecular formula is C21H29N3S. The molecule has 1 atom stereocenters. The summed E-state index contributed by atoms with van der Waals surface area (Å²) < 4.78 is 0. The largest absolute Gasteiger partial charge is 0.372 e. The lowest BCUT2D eigenvalue weighted by molar-refractivity contribution is 0.319. The fourth-order valence-electron chi connectivity index (χ4n) is 4.29. The molecule has 1 unspecified atom stereocenters. The number of aromatic nitrogens is 1. The summed E-state index contributed by atoms with van der Waals surface area (Å²) >= 11 is 1.72. The molecule has 134 valence electrons. The smallest absolute Gasteiger partial charge is 0.110 e. The zero-order chi connectivity index (χ0) is 17.1. The number of hydrogen-bond donors (Lipinski definition) is 1. The van der Waals surface area contributed by atoms with E-state index in [1.54, 1.807) is 11.3 Å². The Hall–Kier alpha value is -1.39. The summed E-state index contributed by atoms with van der Waals surface area (Å²) in [6, 6.07) is 8.99. The maximum atomic E-state index is 6.47. The Morgan fingerprint density at radius 2 is 1.76 bits per heavy atom. The van der Waals surface area contributed by atoms with Crippen LogP contribution in [0.5, 0.6) is 0 Å². The Morgan fingerprint density at radius 1 is 1.04 bits per heavy atom. The van der Waals surface area contributed by atoms with Crippen molar-refractivity contribution in [1.82, 2.24) is 4.98 Å². The van der Waals surface area contributed by atoms with E-state index in [1.165, 1.54) is 69.3 Å². The molecular weight excluding hydrogens is 326 g/mol. The fourth-order valence-corrected chi connectivity index (χ4v) is 5.13. The van der Waals surface area contributed by atoms with E-state index >= 15 is 0 Å². The summed E-state index contributed by atoms with van der Waals surface area (Å²) in [5, 5.41) is 3.27. The van der Waals surface area contributed by atoms with Gasteiger partial charge in [-0.1, -0.05) is 44.2 Å². The molecule has 0 radical (unpaired) electrons. The van der Waals surface area contributed by atoms with Gasteiger partial charge in [-0.15, -0.1) is 11.3 Å². The van der Waals surface area contributed by atoms with Crippen molar-refractivity contribution in [3.05, 3.63) is 34.7 Å². The van der Waals surface area contributed by atoms with Crippen LogP contribution in [0.1, 0.15) is 62.4 Å². The lowest BCUT2D eigenvalue weighted by atomic mass is 9.85. The number of hydrogen-bond acceptors (Lipinski definition) is 4. The third kappa shape index (κ3) is 4.06. The van der Waals surface area contributed by atoms with Crippen LogP contribution in [0.4, 0.5) is 5.69 Å². The minimum atomic E-state index is 0.103. The normalized spacial score (nSPS) is 20.1. The molecule has 0 bridgehead atoms. The summed E-state index contributed by atoms with van der Waals surface area (Å²) in [4.78, 5) is 7.32. The Balaban J connectivity index is 1.41. The molecule has 1 aromatic carbocycles. The molecule has 0 spiro atoms. The number of thiazole rings is 1. The highest BCUT2D eigenvalue weighted by molar-refractivity contribution is 7.10. The fraction of sp³-hybridized carbons (Fsp3) is 0.571. The topological polar surface area (TPSA) is 42.1 Å². The van der Waals surface area contributed by atoms with Crippen LogP contribution in [0.15, 0.2) is 29.6 Å². The molecule has 3 nitrogen and oxygen atoms in total. The van der Waals surface area contributed by atoms with Crippen molar-refractivity contribution in [2.75, 3.05) is 18.0 Å². The van der Waals surface area contributed by atoms with E-state index in [-0.39, 0.29) is 6.04 Å². The maximum absolute atomic E-state index is 6.47. The van der Waals surface area contributed by atoms with Gasteiger partial charge in [0.2, 0.25) is 0 Å². The van der Waals surface area contributed by atoms with Crippen LogP contribution in [0, 0.1) is 5.92 Å². The summed E-state index contributed by atoms with van der Waals surface area (Å²) in [5.74, 6) is 0.802. The lowest BCUT2D eigenvalue weighted by Gasteiger charge is -2.23. The van der Waals surface area contributed by atoms with Gasteiger partial charge in [-0.2, -0.15) is 0 Å². The van der Waals surface area contributed by atoms with E-state index in [4.69, 9.17) is 10.7 Å². The van der Waals surface area contributed by atoms with Gasteiger partial charge in [-0.25, -0.2) is 4.98 Å². The minimum absolute atomic E-state index is 0.103. The SMILES string of the molecule is NC(CC1CCCCC1)c1nc(-c2ccc(N3CCCC3)cc2)cs1. The summed E-state index contributed by atoms with van der Waals surface area (Å²) in [5.41, 5.74) is 10.1. The van der Waals surface area contributed by atoms with Crippen molar-refractivity contribution in [3.8, 4) is 11.3 Å². The van der Waals surface area contributed by atoms with Crippen LogP contribution in [0.25, 0.3) is 11.3 Å². The van der Waals surface area contributed by atoms with Crippen LogP contribution >= 0.6 is 11.3 Å². The monoisotopic (exact) mass is 355 g/mol. The van der Waals surface area contributed by atoms with E-state index in [1.807, 2.05) is 0 Å². The molecule has 2 heterocycles. The van der Waals surface area contributed by atoms with Gasteiger partial charge in [0.25, 0.3) is 0 Å². The molecule has 2 aliphatic rings. The van der Waals surface area contributed by atoms with Gasteiger partial charge in [0.1, 0.15) is 5.01 Å². The number of rotatable bonds is 5. The number of benzene rings is 1. The average molecular weight is 356 g/mol. The van der Waals surface area contributed by atoms with Gasteiger partial charge in [0.05, 0.1) is 11.7 Å².